The zero-order chi connectivity index (χ0) is 16.5. The van der Waals surface area contributed by atoms with E-state index in [1.807, 2.05) is 0 Å². The number of hydrogen-bond acceptors (Lipinski definition) is 2. The van der Waals surface area contributed by atoms with Crippen molar-refractivity contribution in [3.63, 3.8) is 0 Å². The minimum atomic E-state index is 0.0222. The summed E-state index contributed by atoms with van der Waals surface area (Å²) >= 11 is 0. The maximum atomic E-state index is 11.9. The van der Waals surface area contributed by atoms with Gasteiger partial charge in [0.05, 0.1) is 0 Å². The number of rotatable bonds is 16. The number of ether oxygens (including phenoxy) is 1. The minimum Gasteiger partial charge on any atom is -0.462 e. The van der Waals surface area contributed by atoms with E-state index in [1.165, 1.54) is 64.2 Å². The van der Waals surface area contributed by atoms with Crippen LogP contribution in [0.3, 0.4) is 0 Å². The molecule has 0 bridgehead atoms. The van der Waals surface area contributed by atoms with E-state index in [0.717, 1.165) is 25.7 Å². The van der Waals surface area contributed by atoms with Gasteiger partial charge < -0.3 is 4.74 Å². The first-order valence-corrected chi connectivity index (χ1v) is 9.94. The second kappa shape index (κ2) is 16.8. The van der Waals surface area contributed by atoms with E-state index in [4.69, 9.17) is 4.74 Å². The van der Waals surface area contributed by atoms with Crippen molar-refractivity contribution in [3.05, 3.63) is 0 Å². The summed E-state index contributed by atoms with van der Waals surface area (Å²) < 4.78 is 5.73. The topological polar surface area (TPSA) is 26.3 Å². The Hall–Kier alpha value is -0.530. The molecule has 0 saturated heterocycles. The molecular formula is C20H40O2. The third-order valence-corrected chi connectivity index (χ3v) is 4.29. The number of carbonyl (C=O) groups excluding carboxylic acids is 1. The van der Waals surface area contributed by atoms with Crippen LogP contribution < -0.4 is 0 Å². The predicted octanol–water partition coefficient (Wildman–Crippen LogP) is 6.81. The van der Waals surface area contributed by atoms with E-state index in [9.17, 15) is 4.79 Å². The van der Waals surface area contributed by atoms with E-state index >= 15 is 0 Å². The van der Waals surface area contributed by atoms with Gasteiger partial charge in [-0.25, -0.2) is 0 Å². The highest BCUT2D eigenvalue weighted by Gasteiger charge is 2.13. The summed E-state index contributed by atoms with van der Waals surface area (Å²) in [6.45, 7) is 6.61. The monoisotopic (exact) mass is 312 g/mol. The van der Waals surface area contributed by atoms with Gasteiger partial charge in [-0.3, -0.25) is 4.79 Å². The Morgan fingerprint density at radius 2 is 1.14 bits per heavy atom. The maximum Gasteiger partial charge on any atom is 0.306 e. The van der Waals surface area contributed by atoms with Crippen LogP contribution in [0.1, 0.15) is 117 Å². The Morgan fingerprint density at radius 1 is 0.682 bits per heavy atom. The lowest BCUT2D eigenvalue weighted by Crippen LogP contribution is -2.18. The number of hydrogen-bond donors (Lipinski definition) is 0. The lowest BCUT2D eigenvalue weighted by atomic mass is 10.0. The summed E-state index contributed by atoms with van der Waals surface area (Å²) in [6.07, 6.45) is 17.8. The summed E-state index contributed by atoms with van der Waals surface area (Å²) in [5, 5.41) is 0. The Labute approximate surface area is 139 Å². The fourth-order valence-corrected chi connectivity index (χ4v) is 2.78. The highest BCUT2D eigenvalue weighted by Crippen LogP contribution is 2.17. The van der Waals surface area contributed by atoms with Crippen molar-refractivity contribution in [3.8, 4) is 0 Å². The van der Waals surface area contributed by atoms with Crippen LogP contribution in [-0.2, 0) is 9.53 Å². The SMILES string of the molecule is CCCCCCCC(CCCCCCC)OC(=O)CCCC. The average Bonchev–Trinajstić information content (AvgIpc) is 2.52. The second-order valence-electron chi connectivity index (χ2n) is 6.62. The molecule has 0 heterocycles. The number of carbonyl (C=O) groups is 1. The molecule has 0 unspecified atom stereocenters. The summed E-state index contributed by atoms with van der Waals surface area (Å²) in [4.78, 5) is 11.9. The van der Waals surface area contributed by atoms with E-state index in [1.54, 1.807) is 0 Å². The highest BCUT2D eigenvalue weighted by atomic mass is 16.5. The predicted molar refractivity (Wildman–Crippen MR) is 96.2 cm³/mol. The van der Waals surface area contributed by atoms with Gasteiger partial charge in [0.25, 0.3) is 0 Å². The molecule has 0 saturated carbocycles. The normalized spacial score (nSPS) is 11.1. The van der Waals surface area contributed by atoms with Crippen molar-refractivity contribution in [2.24, 2.45) is 0 Å². The molecule has 0 fully saturated rings. The van der Waals surface area contributed by atoms with E-state index in [-0.39, 0.29) is 12.1 Å². The van der Waals surface area contributed by atoms with E-state index in [2.05, 4.69) is 20.8 Å². The van der Waals surface area contributed by atoms with Gasteiger partial charge in [0.1, 0.15) is 6.10 Å². The van der Waals surface area contributed by atoms with Crippen molar-refractivity contribution in [2.45, 2.75) is 123 Å². The van der Waals surface area contributed by atoms with Crippen molar-refractivity contribution in [1.29, 1.82) is 0 Å². The zero-order valence-electron chi connectivity index (χ0n) is 15.5. The highest BCUT2D eigenvalue weighted by molar-refractivity contribution is 5.69. The van der Waals surface area contributed by atoms with Crippen LogP contribution in [0.5, 0.6) is 0 Å². The molecule has 0 radical (unpaired) electrons. The van der Waals surface area contributed by atoms with Gasteiger partial charge in [-0.05, 0) is 32.1 Å². The van der Waals surface area contributed by atoms with Gasteiger partial charge in [-0.2, -0.15) is 0 Å². The Kier molecular flexibility index (Phi) is 16.4. The molecule has 22 heavy (non-hydrogen) atoms. The molecule has 0 aliphatic carbocycles. The summed E-state index contributed by atoms with van der Waals surface area (Å²) in [5.41, 5.74) is 0. The molecule has 0 aliphatic rings. The van der Waals surface area contributed by atoms with Gasteiger partial charge in [-0.15, -0.1) is 0 Å². The molecular weight excluding hydrogens is 272 g/mol. The molecule has 2 heteroatoms. The van der Waals surface area contributed by atoms with E-state index < -0.39 is 0 Å². The molecule has 0 aromatic heterocycles. The van der Waals surface area contributed by atoms with Crippen LogP contribution in [0.2, 0.25) is 0 Å². The molecule has 0 spiro atoms. The quantitative estimate of drug-likeness (QED) is 0.231. The average molecular weight is 313 g/mol. The molecule has 0 rings (SSSR count). The van der Waals surface area contributed by atoms with Crippen molar-refractivity contribution in [1.82, 2.24) is 0 Å². The first-order valence-electron chi connectivity index (χ1n) is 9.94. The number of esters is 1. The van der Waals surface area contributed by atoms with Crippen LogP contribution in [0.25, 0.3) is 0 Å². The molecule has 2 nitrogen and oxygen atoms in total. The standard InChI is InChI=1S/C20H40O2/c1-4-7-10-12-14-16-19(17-15-13-11-8-5-2)22-20(21)18-9-6-3/h19H,4-18H2,1-3H3. The van der Waals surface area contributed by atoms with Crippen molar-refractivity contribution in [2.75, 3.05) is 0 Å². The first-order chi connectivity index (χ1) is 10.7. The maximum absolute atomic E-state index is 11.9. The van der Waals surface area contributed by atoms with Crippen LogP contribution in [0.15, 0.2) is 0 Å². The van der Waals surface area contributed by atoms with Gasteiger partial charge in [0.2, 0.25) is 0 Å². The lowest BCUT2D eigenvalue weighted by Gasteiger charge is -2.18. The van der Waals surface area contributed by atoms with Gasteiger partial charge in [0, 0.05) is 6.42 Å². The zero-order valence-corrected chi connectivity index (χ0v) is 15.5. The Bertz CT molecular complexity index is 224. The van der Waals surface area contributed by atoms with Crippen LogP contribution in [-0.4, -0.2) is 12.1 Å². The van der Waals surface area contributed by atoms with Crippen LogP contribution in [0, 0.1) is 0 Å². The van der Waals surface area contributed by atoms with Gasteiger partial charge >= 0.3 is 5.97 Å². The smallest absolute Gasteiger partial charge is 0.306 e. The molecule has 132 valence electrons. The Morgan fingerprint density at radius 3 is 1.59 bits per heavy atom. The molecule has 0 aliphatic heterocycles. The third kappa shape index (κ3) is 14.4. The first kappa shape index (κ1) is 21.5. The molecule has 0 atom stereocenters. The molecule has 0 aromatic carbocycles. The van der Waals surface area contributed by atoms with Crippen LogP contribution in [0.4, 0.5) is 0 Å². The number of unbranched alkanes of at least 4 members (excludes halogenated alkanes) is 9. The van der Waals surface area contributed by atoms with E-state index in [0.29, 0.717) is 6.42 Å². The summed E-state index contributed by atoms with van der Waals surface area (Å²) in [5.74, 6) is 0.0222. The summed E-state index contributed by atoms with van der Waals surface area (Å²) in [6, 6.07) is 0. The Balaban J connectivity index is 3.93. The van der Waals surface area contributed by atoms with Crippen molar-refractivity contribution < 1.29 is 9.53 Å². The largest absolute Gasteiger partial charge is 0.462 e. The third-order valence-electron chi connectivity index (χ3n) is 4.29. The van der Waals surface area contributed by atoms with Crippen molar-refractivity contribution >= 4 is 5.97 Å². The van der Waals surface area contributed by atoms with Gasteiger partial charge in [-0.1, -0.05) is 78.6 Å². The lowest BCUT2D eigenvalue weighted by molar-refractivity contribution is -0.150. The minimum absolute atomic E-state index is 0.0222. The molecule has 0 amide bonds. The fourth-order valence-electron chi connectivity index (χ4n) is 2.78. The summed E-state index contributed by atoms with van der Waals surface area (Å²) in [7, 11) is 0. The van der Waals surface area contributed by atoms with Gasteiger partial charge in [0.15, 0.2) is 0 Å². The molecule has 0 N–H and O–H groups in total. The van der Waals surface area contributed by atoms with Crippen LogP contribution >= 0.6 is 0 Å². The second-order valence-corrected chi connectivity index (χ2v) is 6.62. The fraction of sp³-hybridized carbons (Fsp3) is 0.950. The molecule has 0 aromatic rings.